The molecule has 1 aliphatic rings. The van der Waals surface area contributed by atoms with Crippen molar-refractivity contribution in [1.29, 1.82) is 0 Å². The second-order valence-electron chi connectivity index (χ2n) is 8.66. The van der Waals surface area contributed by atoms with Gasteiger partial charge in [0.1, 0.15) is 5.01 Å². The maximum Gasteiger partial charge on any atom is 0.207 e. The van der Waals surface area contributed by atoms with Crippen LogP contribution in [-0.4, -0.2) is 16.5 Å². The molecule has 0 aliphatic heterocycles. The Morgan fingerprint density at radius 3 is 2.70 bits per heavy atom. The fourth-order valence-corrected chi connectivity index (χ4v) is 5.21. The highest BCUT2D eigenvalue weighted by molar-refractivity contribution is 7.13. The van der Waals surface area contributed by atoms with Crippen molar-refractivity contribution in [3.05, 3.63) is 84.9 Å². The summed E-state index contributed by atoms with van der Waals surface area (Å²) in [5.41, 5.74) is 9.90. The van der Waals surface area contributed by atoms with Gasteiger partial charge in [0.2, 0.25) is 6.54 Å². The van der Waals surface area contributed by atoms with Gasteiger partial charge in [0.15, 0.2) is 0 Å². The summed E-state index contributed by atoms with van der Waals surface area (Å²) >= 11 is 1.71. The molecule has 3 aromatic rings. The maximum absolute atomic E-state index is 10.7. The van der Waals surface area contributed by atoms with E-state index < -0.39 is 0 Å². The van der Waals surface area contributed by atoms with Gasteiger partial charge >= 0.3 is 0 Å². The zero-order valence-electron chi connectivity index (χ0n) is 17.9. The van der Waals surface area contributed by atoms with Crippen LogP contribution in [0.1, 0.15) is 52.4 Å². The second kappa shape index (κ2) is 8.68. The first-order chi connectivity index (χ1) is 14.4. The third-order valence-corrected chi connectivity index (χ3v) is 7.15. The summed E-state index contributed by atoms with van der Waals surface area (Å²) in [6.07, 6.45) is 4.91. The van der Waals surface area contributed by atoms with Gasteiger partial charge in [-0.1, -0.05) is 31.2 Å². The van der Waals surface area contributed by atoms with Crippen molar-refractivity contribution in [2.75, 3.05) is 6.54 Å². The van der Waals surface area contributed by atoms with Crippen LogP contribution in [0.5, 0.6) is 0 Å². The fraction of sp³-hybridized carbons (Fsp3) is 0.400. The van der Waals surface area contributed by atoms with E-state index in [0.29, 0.717) is 6.42 Å². The largest absolute Gasteiger partial charge is 0.265 e. The normalized spacial score (nSPS) is 15.8. The summed E-state index contributed by atoms with van der Waals surface area (Å²) in [6.45, 7) is 6.44. The van der Waals surface area contributed by atoms with E-state index in [1.807, 2.05) is 6.92 Å². The van der Waals surface area contributed by atoms with E-state index in [1.54, 1.807) is 11.3 Å². The molecule has 0 saturated carbocycles. The number of hydrogen-bond acceptors (Lipinski definition) is 4. The highest BCUT2D eigenvalue weighted by Gasteiger charge is 2.16. The molecule has 156 valence electrons. The van der Waals surface area contributed by atoms with Crippen LogP contribution in [0.2, 0.25) is 0 Å². The highest BCUT2D eigenvalue weighted by Crippen LogP contribution is 2.31. The molecular weight excluding hydrogens is 392 g/mol. The van der Waals surface area contributed by atoms with Crippen LogP contribution in [0, 0.1) is 29.9 Å². The summed E-state index contributed by atoms with van der Waals surface area (Å²) in [5, 5.41) is 13.9. The minimum Gasteiger partial charge on any atom is -0.265 e. The van der Waals surface area contributed by atoms with Crippen LogP contribution in [0.25, 0.3) is 10.6 Å². The fourth-order valence-electron chi connectivity index (χ4n) is 4.39. The Morgan fingerprint density at radius 1 is 1.13 bits per heavy atom. The van der Waals surface area contributed by atoms with E-state index in [2.05, 4.69) is 49.6 Å². The smallest absolute Gasteiger partial charge is 0.207 e. The van der Waals surface area contributed by atoms with E-state index in [-0.39, 0.29) is 11.5 Å². The summed E-state index contributed by atoms with van der Waals surface area (Å²) in [4.78, 5) is 15.4. The Kier molecular flexibility index (Phi) is 6.00. The Labute approximate surface area is 182 Å². The molecule has 1 aliphatic carbocycles. The maximum atomic E-state index is 10.7. The Balaban J connectivity index is 1.51. The summed E-state index contributed by atoms with van der Waals surface area (Å²) in [6, 6.07) is 11.1. The molecule has 0 bridgehead atoms. The lowest BCUT2D eigenvalue weighted by Gasteiger charge is -2.21. The molecule has 0 fully saturated rings. The second-order valence-corrected chi connectivity index (χ2v) is 9.52. The van der Waals surface area contributed by atoms with E-state index >= 15 is 0 Å². The van der Waals surface area contributed by atoms with Gasteiger partial charge in [0.25, 0.3) is 0 Å². The van der Waals surface area contributed by atoms with Crippen molar-refractivity contribution >= 4 is 11.3 Å². The van der Waals surface area contributed by atoms with Crippen molar-refractivity contribution in [2.45, 2.75) is 52.9 Å². The topological polar surface area (TPSA) is 56.0 Å². The van der Waals surface area contributed by atoms with Gasteiger partial charge in [-0.25, -0.2) is 4.98 Å². The summed E-state index contributed by atoms with van der Waals surface area (Å²) < 4.78 is 0. The minimum absolute atomic E-state index is 0.0191. The molecule has 30 heavy (non-hydrogen) atoms. The van der Waals surface area contributed by atoms with Crippen molar-refractivity contribution < 1.29 is 4.92 Å². The molecule has 0 amide bonds. The Morgan fingerprint density at radius 2 is 1.90 bits per heavy atom. The molecule has 1 atom stereocenters. The first kappa shape index (κ1) is 20.7. The summed E-state index contributed by atoms with van der Waals surface area (Å²) in [7, 11) is 0. The summed E-state index contributed by atoms with van der Waals surface area (Å²) in [5.74, 6) is 0.785. The standard InChI is InChI=1S/C25H28N2O2S/c1-16-4-5-21-13-22(7-6-20(21)10-16)25-26-24(15-30-25)14-23-12-17(2)19(11-18(23)3)8-9-27(28)29/h6-7,11-13,15-16H,4-5,8-10,14H2,1-3H3. The van der Waals surface area contributed by atoms with Crippen LogP contribution in [-0.2, 0) is 25.7 Å². The number of aromatic nitrogens is 1. The molecule has 1 aromatic heterocycles. The van der Waals surface area contributed by atoms with Crippen molar-refractivity contribution in [2.24, 2.45) is 5.92 Å². The zero-order valence-corrected chi connectivity index (χ0v) is 18.7. The average Bonchev–Trinajstić information content (AvgIpc) is 3.17. The molecule has 5 heteroatoms. The molecule has 2 aromatic carbocycles. The predicted molar refractivity (Wildman–Crippen MR) is 123 cm³/mol. The van der Waals surface area contributed by atoms with Gasteiger partial charge in [-0.05, 0) is 78.5 Å². The molecular formula is C25H28N2O2S. The first-order valence-electron chi connectivity index (χ1n) is 10.7. The average molecular weight is 421 g/mol. The van der Waals surface area contributed by atoms with E-state index in [0.717, 1.165) is 34.2 Å². The molecule has 4 rings (SSSR count). The third-order valence-electron chi connectivity index (χ3n) is 6.21. The van der Waals surface area contributed by atoms with E-state index in [9.17, 15) is 10.1 Å². The number of nitro groups is 1. The number of nitrogens with zero attached hydrogens (tertiary/aromatic N) is 2. The zero-order chi connectivity index (χ0) is 21.3. The molecule has 0 radical (unpaired) electrons. The molecule has 1 unspecified atom stereocenters. The quantitative estimate of drug-likeness (QED) is 0.365. The van der Waals surface area contributed by atoms with Gasteiger partial charge in [-0.3, -0.25) is 10.1 Å². The van der Waals surface area contributed by atoms with Crippen molar-refractivity contribution in [1.82, 2.24) is 4.98 Å². The number of fused-ring (bicyclic) bond motifs is 1. The molecule has 1 heterocycles. The molecule has 0 spiro atoms. The lowest BCUT2D eigenvalue weighted by molar-refractivity contribution is -0.479. The van der Waals surface area contributed by atoms with Gasteiger partial charge in [-0.2, -0.15) is 0 Å². The van der Waals surface area contributed by atoms with E-state index in [4.69, 9.17) is 4.98 Å². The number of aryl methyl sites for hydroxylation is 3. The van der Waals surface area contributed by atoms with Crippen LogP contribution < -0.4 is 0 Å². The Hall–Kier alpha value is -2.53. The van der Waals surface area contributed by atoms with Gasteiger partial charge in [-0.15, -0.1) is 11.3 Å². The van der Waals surface area contributed by atoms with Gasteiger partial charge < -0.3 is 0 Å². The van der Waals surface area contributed by atoms with Crippen molar-refractivity contribution in [3.63, 3.8) is 0 Å². The number of rotatable bonds is 6. The van der Waals surface area contributed by atoms with Gasteiger partial charge in [0.05, 0.1) is 5.69 Å². The lowest BCUT2D eigenvalue weighted by Crippen LogP contribution is -2.11. The van der Waals surface area contributed by atoms with E-state index in [1.165, 1.54) is 47.1 Å². The van der Waals surface area contributed by atoms with Crippen LogP contribution in [0.4, 0.5) is 0 Å². The SMILES string of the molecule is Cc1cc(Cc2csc(-c3ccc4c(c3)CCC(C)C4)n2)c(C)cc1CC[N+](=O)[O-]. The van der Waals surface area contributed by atoms with Gasteiger partial charge in [0, 0.05) is 28.7 Å². The number of hydrogen-bond donors (Lipinski definition) is 0. The highest BCUT2D eigenvalue weighted by atomic mass is 32.1. The number of thiazole rings is 1. The van der Waals surface area contributed by atoms with Crippen molar-refractivity contribution in [3.8, 4) is 10.6 Å². The Bertz CT molecular complexity index is 1090. The molecule has 4 nitrogen and oxygen atoms in total. The third kappa shape index (κ3) is 4.62. The number of benzene rings is 2. The van der Waals surface area contributed by atoms with Crippen LogP contribution in [0.15, 0.2) is 35.7 Å². The monoisotopic (exact) mass is 420 g/mol. The lowest BCUT2D eigenvalue weighted by atomic mass is 9.84. The first-order valence-corrected chi connectivity index (χ1v) is 11.5. The molecule has 0 saturated heterocycles. The van der Waals surface area contributed by atoms with Crippen LogP contribution in [0.3, 0.4) is 0 Å². The predicted octanol–water partition coefficient (Wildman–Crippen LogP) is 5.96. The van der Waals surface area contributed by atoms with Crippen LogP contribution >= 0.6 is 11.3 Å². The molecule has 0 N–H and O–H groups in total. The minimum atomic E-state index is -0.249.